The summed E-state index contributed by atoms with van der Waals surface area (Å²) in [6, 6.07) is 16.7. The van der Waals surface area contributed by atoms with Crippen molar-refractivity contribution in [3.05, 3.63) is 64.7 Å². The Morgan fingerprint density at radius 2 is 1.70 bits per heavy atom. The molecule has 1 aromatic heterocycles. The van der Waals surface area contributed by atoms with Crippen LogP contribution in [0.1, 0.15) is 30.0 Å². The Morgan fingerprint density at radius 1 is 0.950 bits per heavy atom. The fourth-order valence-corrected chi connectivity index (χ4v) is 2.71. The number of fused-ring (bicyclic) bond motifs is 1. The molecule has 0 aliphatic rings. The lowest BCUT2D eigenvalue weighted by molar-refractivity contribution is 1.43. The molecule has 0 saturated carbocycles. The van der Waals surface area contributed by atoms with Gasteiger partial charge in [-0.05, 0) is 36.3 Å². The van der Waals surface area contributed by atoms with Crippen molar-refractivity contribution in [2.45, 2.75) is 20.8 Å². The minimum absolute atomic E-state index is 1.06. The van der Waals surface area contributed by atoms with Crippen LogP contribution in [-0.4, -0.2) is 4.98 Å². The Kier molecular flexibility index (Phi) is 5.08. The molecule has 0 unspecified atom stereocenters. The van der Waals surface area contributed by atoms with E-state index in [0.717, 1.165) is 10.5 Å². The first-order valence-corrected chi connectivity index (χ1v) is 7.73. The van der Waals surface area contributed by atoms with Gasteiger partial charge in [-0.3, -0.25) is 0 Å². The molecule has 0 bridgehead atoms. The highest BCUT2D eigenvalue weighted by Crippen LogP contribution is 2.24. The lowest BCUT2D eigenvalue weighted by atomic mass is 10.2. The van der Waals surface area contributed by atoms with Gasteiger partial charge in [-0.25, -0.2) is 4.98 Å². The van der Waals surface area contributed by atoms with Gasteiger partial charge in [-0.1, -0.05) is 56.3 Å². The Labute approximate surface area is 124 Å². The van der Waals surface area contributed by atoms with E-state index in [0.29, 0.717) is 0 Å². The van der Waals surface area contributed by atoms with Crippen molar-refractivity contribution in [1.29, 1.82) is 0 Å². The van der Waals surface area contributed by atoms with Crippen molar-refractivity contribution in [2.75, 3.05) is 0 Å². The molecule has 0 amide bonds. The zero-order chi connectivity index (χ0) is 14.4. The smallest absolute Gasteiger partial charge is 0.117 e. The van der Waals surface area contributed by atoms with Crippen molar-refractivity contribution >= 4 is 33.7 Å². The Hall–Kier alpha value is -1.93. The third-order valence-electron chi connectivity index (χ3n) is 2.78. The van der Waals surface area contributed by atoms with Crippen molar-refractivity contribution in [3.63, 3.8) is 0 Å². The maximum atomic E-state index is 4.62. The zero-order valence-electron chi connectivity index (χ0n) is 12.1. The molecule has 0 aliphatic heterocycles. The van der Waals surface area contributed by atoms with Gasteiger partial charge in [0.2, 0.25) is 0 Å². The van der Waals surface area contributed by atoms with Crippen molar-refractivity contribution in [1.82, 2.24) is 4.98 Å². The monoisotopic (exact) mass is 281 g/mol. The average molecular weight is 281 g/mol. The molecule has 0 saturated heterocycles. The van der Waals surface area contributed by atoms with Crippen LogP contribution in [0.2, 0.25) is 0 Å². The second-order valence-electron chi connectivity index (χ2n) is 4.27. The molecule has 0 aliphatic carbocycles. The number of thiazole rings is 1. The minimum atomic E-state index is 1.06. The van der Waals surface area contributed by atoms with Gasteiger partial charge in [0.1, 0.15) is 5.01 Å². The average Bonchev–Trinajstić information content (AvgIpc) is 2.90. The van der Waals surface area contributed by atoms with Gasteiger partial charge in [0.05, 0.1) is 10.2 Å². The van der Waals surface area contributed by atoms with Gasteiger partial charge in [-0.2, -0.15) is 0 Å². The third kappa shape index (κ3) is 3.55. The molecule has 2 heteroatoms. The first kappa shape index (κ1) is 14.5. The summed E-state index contributed by atoms with van der Waals surface area (Å²) in [5.41, 5.74) is 3.55. The Bertz CT molecular complexity index is 696. The molecule has 0 N–H and O–H groups in total. The molecular weight excluding hydrogens is 262 g/mol. The van der Waals surface area contributed by atoms with Crippen LogP contribution in [0.4, 0.5) is 0 Å². The normalized spacial score (nSPS) is 10.6. The molecular formula is C18H19NS. The van der Waals surface area contributed by atoms with Crippen LogP contribution in [0.25, 0.3) is 22.4 Å². The number of nitrogens with zero attached hydrogens (tertiary/aromatic N) is 1. The van der Waals surface area contributed by atoms with Gasteiger partial charge in [0.15, 0.2) is 0 Å². The molecule has 20 heavy (non-hydrogen) atoms. The SMILES string of the molecule is CC.Cc1ccc2sc(/C=C/c3ccccc3)nc2c1. The van der Waals surface area contributed by atoms with E-state index in [2.05, 4.69) is 54.4 Å². The lowest BCUT2D eigenvalue weighted by Crippen LogP contribution is -1.72. The van der Waals surface area contributed by atoms with Gasteiger partial charge in [-0.15, -0.1) is 11.3 Å². The van der Waals surface area contributed by atoms with Crippen LogP contribution in [0, 0.1) is 6.92 Å². The molecule has 3 rings (SSSR count). The lowest BCUT2D eigenvalue weighted by Gasteiger charge is -1.89. The molecule has 1 heterocycles. The van der Waals surface area contributed by atoms with Crippen LogP contribution in [0.5, 0.6) is 0 Å². The predicted octanol–water partition coefficient (Wildman–Crippen LogP) is 5.80. The molecule has 102 valence electrons. The van der Waals surface area contributed by atoms with E-state index in [1.54, 1.807) is 11.3 Å². The fraction of sp³-hybridized carbons (Fsp3) is 0.167. The van der Waals surface area contributed by atoms with Crippen LogP contribution < -0.4 is 0 Å². The summed E-state index contributed by atoms with van der Waals surface area (Å²) < 4.78 is 1.24. The third-order valence-corrected chi connectivity index (χ3v) is 3.78. The van der Waals surface area contributed by atoms with Crippen LogP contribution in [0.15, 0.2) is 48.5 Å². The summed E-state index contributed by atoms with van der Waals surface area (Å²) in [6.07, 6.45) is 4.18. The highest BCUT2D eigenvalue weighted by Gasteiger charge is 2.00. The van der Waals surface area contributed by atoms with Gasteiger partial charge >= 0.3 is 0 Å². The summed E-state index contributed by atoms with van der Waals surface area (Å²) in [5, 5.41) is 1.06. The molecule has 3 aromatic rings. The van der Waals surface area contributed by atoms with E-state index in [-0.39, 0.29) is 0 Å². The highest BCUT2D eigenvalue weighted by molar-refractivity contribution is 7.19. The summed E-state index contributed by atoms with van der Waals surface area (Å²) in [5.74, 6) is 0. The number of aromatic nitrogens is 1. The topological polar surface area (TPSA) is 12.9 Å². The van der Waals surface area contributed by atoms with Crippen LogP contribution in [-0.2, 0) is 0 Å². The van der Waals surface area contributed by atoms with E-state index >= 15 is 0 Å². The summed E-state index contributed by atoms with van der Waals surface area (Å²) in [7, 11) is 0. The first-order chi connectivity index (χ1) is 9.81. The summed E-state index contributed by atoms with van der Waals surface area (Å²) in [4.78, 5) is 4.62. The molecule has 0 spiro atoms. The summed E-state index contributed by atoms with van der Waals surface area (Å²) in [6.45, 7) is 6.10. The van der Waals surface area contributed by atoms with Gasteiger partial charge in [0, 0.05) is 0 Å². The highest BCUT2D eigenvalue weighted by atomic mass is 32.1. The fourth-order valence-electron chi connectivity index (χ4n) is 1.86. The Balaban J connectivity index is 0.000000704. The largest absolute Gasteiger partial charge is 0.237 e. The second-order valence-corrected chi connectivity index (χ2v) is 5.33. The van der Waals surface area contributed by atoms with E-state index in [1.165, 1.54) is 15.8 Å². The maximum absolute atomic E-state index is 4.62. The quantitative estimate of drug-likeness (QED) is 0.578. The molecule has 0 fully saturated rings. The molecule has 0 atom stereocenters. The standard InChI is InChI=1S/C16H13NS.C2H6/c1-12-7-9-15-14(11-12)17-16(18-15)10-8-13-5-3-2-4-6-13;1-2/h2-11H,1H3;1-2H3/b10-8+;. The van der Waals surface area contributed by atoms with Crippen LogP contribution >= 0.6 is 11.3 Å². The number of hydrogen-bond acceptors (Lipinski definition) is 2. The van der Waals surface area contributed by atoms with Gasteiger partial charge in [0.25, 0.3) is 0 Å². The summed E-state index contributed by atoms with van der Waals surface area (Å²) >= 11 is 1.73. The first-order valence-electron chi connectivity index (χ1n) is 6.91. The van der Waals surface area contributed by atoms with Crippen molar-refractivity contribution in [3.8, 4) is 0 Å². The second kappa shape index (κ2) is 7.01. The van der Waals surface area contributed by atoms with E-state index < -0.39 is 0 Å². The van der Waals surface area contributed by atoms with E-state index in [9.17, 15) is 0 Å². The number of hydrogen-bond donors (Lipinski definition) is 0. The zero-order valence-corrected chi connectivity index (χ0v) is 12.9. The Morgan fingerprint density at radius 3 is 2.45 bits per heavy atom. The van der Waals surface area contributed by atoms with E-state index in [4.69, 9.17) is 0 Å². The number of benzene rings is 2. The minimum Gasteiger partial charge on any atom is -0.237 e. The van der Waals surface area contributed by atoms with E-state index in [1.807, 2.05) is 32.0 Å². The molecule has 2 aromatic carbocycles. The molecule has 0 radical (unpaired) electrons. The van der Waals surface area contributed by atoms with Gasteiger partial charge < -0.3 is 0 Å². The number of rotatable bonds is 2. The molecule has 1 nitrogen and oxygen atoms in total. The van der Waals surface area contributed by atoms with Crippen molar-refractivity contribution in [2.24, 2.45) is 0 Å². The van der Waals surface area contributed by atoms with Crippen LogP contribution in [0.3, 0.4) is 0 Å². The maximum Gasteiger partial charge on any atom is 0.117 e. The van der Waals surface area contributed by atoms with Crippen molar-refractivity contribution < 1.29 is 0 Å². The number of aryl methyl sites for hydroxylation is 1. The predicted molar refractivity (Wildman–Crippen MR) is 91.1 cm³/mol.